The Morgan fingerprint density at radius 1 is 1.60 bits per heavy atom. The highest BCUT2D eigenvalue weighted by atomic mass is 79.9. The van der Waals surface area contributed by atoms with Gasteiger partial charge in [-0.25, -0.2) is 9.97 Å². The summed E-state index contributed by atoms with van der Waals surface area (Å²) >= 11 is 12.3. The van der Waals surface area contributed by atoms with Gasteiger partial charge in [0.2, 0.25) is 5.91 Å². The van der Waals surface area contributed by atoms with Crippen molar-refractivity contribution in [2.75, 3.05) is 11.4 Å². The number of rotatable bonds is 1. The first-order chi connectivity index (χ1) is 7.08. The van der Waals surface area contributed by atoms with Crippen LogP contribution in [0.4, 0.5) is 5.82 Å². The second kappa shape index (κ2) is 4.35. The summed E-state index contributed by atoms with van der Waals surface area (Å²) in [7, 11) is 0. The van der Waals surface area contributed by atoms with Crippen LogP contribution in [0.15, 0.2) is 10.8 Å². The van der Waals surface area contributed by atoms with Crippen LogP contribution in [0.1, 0.15) is 6.42 Å². The number of nitrogens with zero attached hydrogens (tertiary/aromatic N) is 3. The van der Waals surface area contributed by atoms with Gasteiger partial charge in [-0.05, 0) is 15.9 Å². The number of amides is 1. The topological polar surface area (TPSA) is 46.1 Å². The Kier molecular flexibility index (Phi) is 3.27. The molecular formula is C8H6Br2ClN3O. The molecule has 2 heterocycles. The lowest BCUT2D eigenvalue weighted by atomic mass is 10.4. The summed E-state index contributed by atoms with van der Waals surface area (Å²) in [5.41, 5.74) is 0. The molecule has 0 aliphatic carbocycles. The maximum atomic E-state index is 11.6. The van der Waals surface area contributed by atoms with Crippen molar-refractivity contribution in [2.45, 2.75) is 11.2 Å². The lowest BCUT2D eigenvalue weighted by Gasteiger charge is -2.14. The average molecular weight is 355 g/mol. The molecule has 0 aromatic carbocycles. The van der Waals surface area contributed by atoms with E-state index in [1.807, 2.05) is 0 Å². The summed E-state index contributed by atoms with van der Waals surface area (Å²) in [4.78, 5) is 21.4. The van der Waals surface area contributed by atoms with Gasteiger partial charge in [0.1, 0.15) is 4.60 Å². The lowest BCUT2D eigenvalue weighted by molar-refractivity contribution is -0.117. The molecule has 0 spiro atoms. The first-order valence-corrected chi connectivity index (χ1v) is 6.29. The van der Waals surface area contributed by atoms with Crippen LogP contribution < -0.4 is 4.90 Å². The monoisotopic (exact) mass is 353 g/mol. The molecule has 4 nitrogen and oxygen atoms in total. The van der Waals surface area contributed by atoms with Gasteiger partial charge in [-0.3, -0.25) is 9.69 Å². The maximum absolute atomic E-state index is 11.6. The molecule has 0 saturated carbocycles. The van der Waals surface area contributed by atoms with Crippen LogP contribution in [-0.2, 0) is 4.79 Å². The second-order valence-corrected chi connectivity index (χ2v) is 5.52. The number of hydrogen-bond acceptors (Lipinski definition) is 3. The van der Waals surface area contributed by atoms with Crippen molar-refractivity contribution in [2.24, 2.45) is 0 Å². The third kappa shape index (κ3) is 2.32. The Hall–Kier alpha value is -0.200. The fraction of sp³-hybridized carbons (Fsp3) is 0.375. The molecule has 1 unspecified atom stereocenters. The summed E-state index contributed by atoms with van der Waals surface area (Å²) in [5.74, 6) is 0.528. The van der Waals surface area contributed by atoms with Crippen molar-refractivity contribution in [3.8, 4) is 0 Å². The quantitative estimate of drug-likeness (QED) is 0.727. The number of carbonyl (C=O) groups is 1. The number of aromatic nitrogens is 2. The Bertz CT molecular complexity index is 415. The van der Waals surface area contributed by atoms with E-state index >= 15 is 0 Å². The zero-order valence-corrected chi connectivity index (χ0v) is 11.4. The molecule has 0 radical (unpaired) electrons. The van der Waals surface area contributed by atoms with E-state index in [4.69, 9.17) is 11.6 Å². The molecule has 0 bridgehead atoms. The van der Waals surface area contributed by atoms with E-state index in [1.165, 1.54) is 6.20 Å². The summed E-state index contributed by atoms with van der Waals surface area (Å²) in [6.45, 7) is 0.603. The molecule has 15 heavy (non-hydrogen) atoms. The summed E-state index contributed by atoms with van der Waals surface area (Å²) < 4.78 is 0.481. The van der Waals surface area contributed by atoms with Gasteiger partial charge in [0, 0.05) is 17.8 Å². The Morgan fingerprint density at radius 2 is 2.33 bits per heavy atom. The zero-order valence-electron chi connectivity index (χ0n) is 7.45. The highest BCUT2D eigenvalue weighted by Crippen LogP contribution is 2.26. The van der Waals surface area contributed by atoms with E-state index in [9.17, 15) is 4.79 Å². The van der Waals surface area contributed by atoms with Crippen LogP contribution in [-0.4, -0.2) is 27.2 Å². The molecule has 80 valence electrons. The van der Waals surface area contributed by atoms with Gasteiger partial charge in [0.15, 0.2) is 11.0 Å². The minimum atomic E-state index is 0.0320. The average Bonchev–Trinajstić information content (AvgIpc) is 2.50. The Balaban J connectivity index is 2.30. The number of anilines is 1. The van der Waals surface area contributed by atoms with Crippen molar-refractivity contribution < 1.29 is 4.79 Å². The van der Waals surface area contributed by atoms with Gasteiger partial charge in [0.05, 0.1) is 6.20 Å². The standard InChI is InChI=1S/C8H6Br2ClN3O/c9-4-1-6(15)14(3-4)5-2-12-7(10)8(11)13-5/h2,4H,1,3H2. The smallest absolute Gasteiger partial charge is 0.229 e. The second-order valence-electron chi connectivity index (χ2n) is 3.12. The normalized spacial score (nSPS) is 21.1. The lowest BCUT2D eigenvalue weighted by Crippen LogP contribution is -2.25. The third-order valence-corrected chi connectivity index (χ3v) is 3.72. The molecule has 1 aliphatic heterocycles. The first-order valence-electron chi connectivity index (χ1n) is 4.20. The molecule has 1 aromatic heterocycles. The van der Waals surface area contributed by atoms with Crippen molar-refractivity contribution in [3.05, 3.63) is 16.0 Å². The van der Waals surface area contributed by atoms with Crippen LogP contribution in [0.5, 0.6) is 0 Å². The zero-order chi connectivity index (χ0) is 11.0. The van der Waals surface area contributed by atoms with Crippen molar-refractivity contribution in [1.29, 1.82) is 0 Å². The van der Waals surface area contributed by atoms with E-state index in [2.05, 4.69) is 41.8 Å². The van der Waals surface area contributed by atoms with Crippen LogP contribution in [0.2, 0.25) is 5.15 Å². The number of alkyl halides is 1. The summed E-state index contributed by atoms with van der Waals surface area (Å²) in [6.07, 6.45) is 2.01. The van der Waals surface area contributed by atoms with Gasteiger partial charge in [-0.2, -0.15) is 0 Å². The molecule has 1 aliphatic rings. The van der Waals surface area contributed by atoms with Crippen LogP contribution in [0.3, 0.4) is 0 Å². The Morgan fingerprint density at radius 3 is 2.87 bits per heavy atom. The predicted molar refractivity (Wildman–Crippen MR) is 64.4 cm³/mol. The van der Waals surface area contributed by atoms with Crippen molar-refractivity contribution >= 4 is 55.2 Å². The first kappa shape index (κ1) is 11.3. The van der Waals surface area contributed by atoms with Crippen molar-refractivity contribution in [1.82, 2.24) is 9.97 Å². The molecule has 1 atom stereocenters. The Labute approximate surface area is 108 Å². The number of carbonyl (C=O) groups excluding carboxylic acids is 1. The fourth-order valence-corrected chi connectivity index (χ4v) is 2.25. The van der Waals surface area contributed by atoms with E-state index < -0.39 is 0 Å². The largest absolute Gasteiger partial charge is 0.294 e. The third-order valence-electron chi connectivity index (χ3n) is 2.03. The molecule has 2 rings (SSSR count). The molecule has 7 heteroatoms. The highest BCUT2D eigenvalue weighted by Gasteiger charge is 2.30. The van der Waals surface area contributed by atoms with Gasteiger partial charge >= 0.3 is 0 Å². The van der Waals surface area contributed by atoms with Crippen LogP contribution in [0.25, 0.3) is 0 Å². The van der Waals surface area contributed by atoms with Crippen molar-refractivity contribution in [3.63, 3.8) is 0 Å². The number of hydrogen-bond donors (Lipinski definition) is 0. The number of halogens is 3. The van der Waals surface area contributed by atoms with Gasteiger partial charge in [-0.15, -0.1) is 0 Å². The maximum Gasteiger partial charge on any atom is 0.229 e. The van der Waals surface area contributed by atoms with E-state index in [1.54, 1.807) is 4.90 Å². The molecule has 1 fully saturated rings. The van der Waals surface area contributed by atoms with E-state index in [0.29, 0.717) is 23.4 Å². The summed E-state index contributed by atoms with van der Waals surface area (Å²) in [6, 6.07) is 0. The van der Waals surface area contributed by atoms with Gasteiger partial charge < -0.3 is 0 Å². The molecule has 0 N–H and O–H groups in total. The molecular weight excluding hydrogens is 349 g/mol. The van der Waals surface area contributed by atoms with Crippen LogP contribution >= 0.6 is 43.5 Å². The van der Waals surface area contributed by atoms with E-state index in [-0.39, 0.29) is 15.9 Å². The molecule has 1 aromatic rings. The van der Waals surface area contributed by atoms with Crippen LogP contribution in [0, 0.1) is 0 Å². The minimum absolute atomic E-state index is 0.0320. The van der Waals surface area contributed by atoms with E-state index in [0.717, 1.165) is 0 Å². The fourth-order valence-electron chi connectivity index (χ4n) is 1.36. The van der Waals surface area contributed by atoms with Gasteiger partial charge in [0.25, 0.3) is 0 Å². The van der Waals surface area contributed by atoms with Gasteiger partial charge in [-0.1, -0.05) is 27.5 Å². The highest BCUT2D eigenvalue weighted by molar-refractivity contribution is 9.10. The molecule has 1 saturated heterocycles. The molecule has 1 amide bonds. The summed E-state index contributed by atoms with van der Waals surface area (Å²) in [5, 5.41) is 0.262. The minimum Gasteiger partial charge on any atom is -0.294 e. The SMILES string of the molecule is O=C1CC(Br)CN1c1cnc(Br)c(Cl)n1. The predicted octanol–water partition coefficient (Wildman–Crippen LogP) is 2.39.